The van der Waals surface area contributed by atoms with E-state index in [4.69, 9.17) is 23.7 Å². The minimum atomic E-state index is -0.854. The summed E-state index contributed by atoms with van der Waals surface area (Å²) >= 11 is 0. The van der Waals surface area contributed by atoms with Crippen LogP contribution in [-0.2, 0) is 19.8 Å². The Bertz CT molecular complexity index is 953. The molecule has 0 aromatic heterocycles. The zero-order valence-electron chi connectivity index (χ0n) is 19.7. The molecule has 5 nitrogen and oxygen atoms in total. The van der Waals surface area contributed by atoms with Crippen molar-refractivity contribution < 1.29 is 23.7 Å². The summed E-state index contributed by atoms with van der Waals surface area (Å²) in [4.78, 5) is 0. The van der Waals surface area contributed by atoms with E-state index >= 15 is 0 Å². The summed E-state index contributed by atoms with van der Waals surface area (Å²) in [5.74, 6) is 1.59. The summed E-state index contributed by atoms with van der Waals surface area (Å²) in [6.45, 7) is 2.46. The second kappa shape index (κ2) is 10.4. The highest BCUT2D eigenvalue weighted by Gasteiger charge is 2.41. The van der Waals surface area contributed by atoms with E-state index in [1.165, 1.54) is 0 Å². The second-order valence-corrected chi connectivity index (χ2v) is 8.31. The molecule has 0 saturated carbocycles. The molecule has 3 aromatic rings. The third-order valence-corrected chi connectivity index (χ3v) is 6.33. The molecule has 0 bridgehead atoms. The summed E-state index contributed by atoms with van der Waals surface area (Å²) < 4.78 is 29.6. The van der Waals surface area contributed by atoms with Crippen LogP contribution in [0.25, 0.3) is 0 Å². The predicted molar refractivity (Wildman–Crippen MR) is 128 cm³/mol. The lowest BCUT2D eigenvalue weighted by molar-refractivity contribution is -0.0860. The number of hydrogen-bond donors (Lipinski definition) is 0. The largest absolute Gasteiger partial charge is 0.497 e. The monoisotopic (exact) mass is 448 g/mol. The molecule has 1 heterocycles. The molecule has 5 heteroatoms. The Labute approximate surface area is 196 Å². The molecule has 0 N–H and O–H groups in total. The Hall–Kier alpha value is -2.86. The molecule has 1 aliphatic heterocycles. The lowest BCUT2D eigenvalue weighted by Crippen LogP contribution is -2.38. The molecular formula is C28H32O5. The van der Waals surface area contributed by atoms with Crippen LogP contribution in [0.2, 0.25) is 0 Å². The van der Waals surface area contributed by atoms with Crippen LogP contribution >= 0.6 is 0 Å². The Morgan fingerprint density at radius 1 is 0.758 bits per heavy atom. The standard InChI is InChI=1S/C28H32O5/c1-20-18-26(31-4)27(33-20)19-32-28(21-8-6-5-7-9-21,22-10-14-24(29-2)15-11-22)23-12-16-25(30-3)17-13-23/h5-17,20,26-27H,18-19H2,1-4H3/t20-,26+,27+/m0/s1. The van der Waals surface area contributed by atoms with E-state index in [1.54, 1.807) is 21.3 Å². The third-order valence-electron chi connectivity index (χ3n) is 6.33. The SMILES string of the molecule is COc1ccc(C(OC[C@H]2O[C@@H](C)C[C@H]2OC)(c2ccccc2)c2ccc(OC)cc2)cc1. The molecule has 3 aromatic carbocycles. The van der Waals surface area contributed by atoms with Gasteiger partial charge in [-0.3, -0.25) is 0 Å². The van der Waals surface area contributed by atoms with Crippen molar-refractivity contribution in [2.75, 3.05) is 27.9 Å². The zero-order valence-corrected chi connectivity index (χ0v) is 19.7. The summed E-state index contributed by atoms with van der Waals surface area (Å²) in [7, 11) is 5.07. The molecule has 3 atom stereocenters. The smallest absolute Gasteiger partial charge is 0.143 e. The molecular weight excluding hydrogens is 416 g/mol. The second-order valence-electron chi connectivity index (χ2n) is 8.31. The zero-order chi connectivity index (χ0) is 23.3. The van der Waals surface area contributed by atoms with Crippen molar-refractivity contribution >= 4 is 0 Å². The van der Waals surface area contributed by atoms with Crippen LogP contribution < -0.4 is 9.47 Å². The number of methoxy groups -OCH3 is 3. The van der Waals surface area contributed by atoms with Gasteiger partial charge in [0.1, 0.15) is 23.2 Å². The van der Waals surface area contributed by atoms with Gasteiger partial charge in [0.2, 0.25) is 0 Å². The molecule has 1 aliphatic rings. The highest BCUT2D eigenvalue weighted by Crippen LogP contribution is 2.42. The summed E-state index contributed by atoms with van der Waals surface area (Å²) in [5.41, 5.74) is 2.17. The van der Waals surface area contributed by atoms with Gasteiger partial charge in [-0.15, -0.1) is 0 Å². The first kappa shape index (κ1) is 23.3. The quantitative estimate of drug-likeness (QED) is 0.421. The maximum absolute atomic E-state index is 6.91. The average molecular weight is 449 g/mol. The van der Waals surface area contributed by atoms with E-state index in [0.29, 0.717) is 6.61 Å². The van der Waals surface area contributed by atoms with Gasteiger partial charge in [0.05, 0.1) is 33.0 Å². The first-order valence-electron chi connectivity index (χ1n) is 11.3. The van der Waals surface area contributed by atoms with Crippen molar-refractivity contribution in [3.05, 3.63) is 95.6 Å². The summed E-state index contributed by atoms with van der Waals surface area (Å²) in [6, 6.07) is 26.4. The number of ether oxygens (including phenoxy) is 5. The fourth-order valence-electron chi connectivity index (χ4n) is 4.60. The first-order chi connectivity index (χ1) is 16.1. The maximum Gasteiger partial charge on any atom is 0.143 e. The molecule has 33 heavy (non-hydrogen) atoms. The van der Waals surface area contributed by atoms with Gasteiger partial charge in [0, 0.05) is 13.5 Å². The van der Waals surface area contributed by atoms with Gasteiger partial charge in [0.15, 0.2) is 0 Å². The Morgan fingerprint density at radius 2 is 1.27 bits per heavy atom. The van der Waals surface area contributed by atoms with Gasteiger partial charge in [-0.2, -0.15) is 0 Å². The van der Waals surface area contributed by atoms with E-state index in [0.717, 1.165) is 34.6 Å². The molecule has 1 fully saturated rings. The van der Waals surface area contributed by atoms with Gasteiger partial charge in [-0.1, -0.05) is 54.6 Å². The van der Waals surface area contributed by atoms with Crippen molar-refractivity contribution in [2.45, 2.75) is 37.3 Å². The maximum atomic E-state index is 6.91. The lowest BCUT2D eigenvalue weighted by atomic mass is 9.80. The predicted octanol–water partition coefficient (Wildman–Crippen LogP) is 5.20. The number of hydrogen-bond acceptors (Lipinski definition) is 5. The molecule has 0 radical (unpaired) electrons. The third kappa shape index (κ3) is 4.76. The molecule has 4 rings (SSSR count). The first-order valence-corrected chi connectivity index (χ1v) is 11.3. The van der Waals surface area contributed by atoms with E-state index in [1.807, 2.05) is 42.5 Å². The van der Waals surface area contributed by atoms with Gasteiger partial charge >= 0.3 is 0 Å². The van der Waals surface area contributed by atoms with Gasteiger partial charge in [-0.25, -0.2) is 0 Å². The highest BCUT2D eigenvalue weighted by atomic mass is 16.6. The van der Waals surface area contributed by atoms with Crippen molar-refractivity contribution in [3.63, 3.8) is 0 Å². The Morgan fingerprint density at radius 3 is 1.76 bits per heavy atom. The van der Waals surface area contributed by atoms with E-state index in [-0.39, 0.29) is 18.3 Å². The van der Waals surface area contributed by atoms with Crippen LogP contribution in [0, 0.1) is 0 Å². The fraction of sp³-hybridized carbons (Fsp3) is 0.357. The van der Waals surface area contributed by atoms with Crippen LogP contribution in [0.3, 0.4) is 0 Å². The van der Waals surface area contributed by atoms with Crippen molar-refractivity contribution in [1.29, 1.82) is 0 Å². The van der Waals surface area contributed by atoms with Crippen LogP contribution in [0.15, 0.2) is 78.9 Å². The normalized spacial score (nSPS) is 20.5. The van der Waals surface area contributed by atoms with E-state index in [9.17, 15) is 0 Å². The minimum Gasteiger partial charge on any atom is -0.497 e. The minimum absolute atomic E-state index is 0.000193. The Balaban J connectivity index is 1.83. The molecule has 174 valence electrons. The van der Waals surface area contributed by atoms with Gasteiger partial charge in [0.25, 0.3) is 0 Å². The fourth-order valence-corrected chi connectivity index (χ4v) is 4.60. The van der Waals surface area contributed by atoms with E-state index < -0.39 is 5.60 Å². The van der Waals surface area contributed by atoms with Gasteiger partial charge in [-0.05, 0) is 47.9 Å². The number of rotatable bonds is 9. The highest BCUT2D eigenvalue weighted by molar-refractivity contribution is 5.49. The molecule has 0 aliphatic carbocycles. The average Bonchev–Trinajstić information content (AvgIpc) is 3.25. The van der Waals surface area contributed by atoms with Crippen LogP contribution in [0.1, 0.15) is 30.0 Å². The van der Waals surface area contributed by atoms with Gasteiger partial charge < -0.3 is 23.7 Å². The number of benzene rings is 3. The van der Waals surface area contributed by atoms with Crippen molar-refractivity contribution in [1.82, 2.24) is 0 Å². The van der Waals surface area contributed by atoms with Crippen LogP contribution in [-0.4, -0.2) is 46.2 Å². The topological polar surface area (TPSA) is 46.2 Å². The van der Waals surface area contributed by atoms with Crippen molar-refractivity contribution in [2.24, 2.45) is 0 Å². The molecule has 0 unspecified atom stereocenters. The van der Waals surface area contributed by atoms with Crippen molar-refractivity contribution in [3.8, 4) is 11.5 Å². The summed E-state index contributed by atoms with van der Waals surface area (Å²) in [6.07, 6.45) is 0.843. The summed E-state index contributed by atoms with van der Waals surface area (Å²) in [5, 5.41) is 0. The lowest BCUT2D eigenvalue weighted by Gasteiger charge is -2.37. The van der Waals surface area contributed by atoms with Crippen LogP contribution in [0.4, 0.5) is 0 Å². The van der Waals surface area contributed by atoms with E-state index in [2.05, 4.69) is 43.3 Å². The van der Waals surface area contributed by atoms with Crippen LogP contribution in [0.5, 0.6) is 11.5 Å². The molecule has 0 amide bonds. The molecule has 1 saturated heterocycles. The Kier molecular flexibility index (Phi) is 7.33. The molecule has 0 spiro atoms.